The zero-order chi connectivity index (χ0) is 12.7. The van der Waals surface area contributed by atoms with Gasteiger partial charge in [-0.2, -0.15) is 0 Å². The molecule has 4 nitrogen and oxygen atoms in total. The number of unbranched alkanes of at least 4 members (excludes halogenated alkanes) is 2. The largest absolute Gasteiger partial charge is 0.417 e. The summed E-state index contributed by atoms with van der Waals surface area (Å²) < 4.78 is 6.04. The molecular weight excluding hydrogens is 218 g/mol. The average molecular weight is 243 g/mol. The first-order chi connectivity index (χ1) is 7.31. The average Bonchev–Trinajstić information content (AvgIpc) is 2.14. The van der Waals surface area contributed by atoms with Crippen LogP contribution in [0.4, 0.5) is 0 Å². The lowest BCUT2D eigenvalue weighted by atomic mass is 10.2. The fourth-order valence-corrected chi connectivity index (χ4v) is 2.14. The van der Waals surface area contributed by atoms with Crippen molar-refractivity contribution in [2.24, 2.45) is 5.11 Å². The first-order valence-electron chi connectivity index (χ1n) is 5.96. The van der Waals surface area contributed by atoms with Crippen molar-refractivity contribution in [3.05, 3.63) is 10.4 Å². The highest BCUT2D eigenvalue weighted by atomic mass is 28.4. The summed E-state index contributed by atoms with van der Waals surface area (Å²) >= 11 is 0. The van der Waals surface area contributed by atoms with E-state index in [1.165, 1.54) is 0 Å². The molecule has 5 heteroatoms. The van der Waals surface area contributed by atoms with Gasteiger partial charge in [0.15, 0.2) is 8.32 Å². The van der Waals surface area contributed by atoms with Crippen molar-refractivity contribution in [1.82, 2.24) is 0 Å². The molecule has 0 aliphatic rings. The Hall–Kier alpha value is -0.513. The van der Waals surface area contributed by atoms with Crippen LogP contribution in [-0.4, -0.2) is 21.5 Å². The molecule has 0 N–H and O–H groups in total. The smallest absolute Gasteiger partial charge is 0.191 e. The van der Waals surface area contributed by atoms with E-state index in [1.54, 1.807) is 0 Å². The molecule has 0 saturated heterocycles. The van der Waals surface area contributed by atoms with E-state index in [2.05, 4.69) is 43.9 Å². The van der Waals surface area contributed by atoms with E-state index in [0.717, 1.165) is 25.9 Å². The zero-order valence-corrected chi connectivity index (χ0v) is 12.3. The van der Waals surface area contributed by atoms with Gasteiger partial charge in [0.25, 0.3) is 0 Å². The number of hydrogen-bond donors (Lipinski definition) is 0. The monoisotopic (exact) mass is 243 g/mol. The molecule has 0 rings (SSSR count). The Balaban J connectivity index is 3.62. The van der Waals surface area contributed by atoms with Crippen LogP contribution < -0.4 is 0 Å². The molecule has 0 aromatic rings. The molecule has 0 heterocycles. The van der Waals surface area contributed by atoms with Crippen molar-refractivity contribution < 1.29 is 4.43 Å². The number of azide groups is 1. The lowest BCUT2D eigenvalue weighted by molar-refractivity contribution is 0.278. The summed E-state index contributed by atoms with van der Waals surface area (Å²) in [5, 5.41) is 3.80. The molecule has 0 aliphatic carbocycles. The topological polar surface area (TPSA) is 58.0 Å². The highest BCUT2D eigenvalue weighted by Gasteiger charge is 2.36. The molecule has 0 aromatic heterocycles. The van der Waals surface area contributed by atoms with E-state index in [9.17, 15) is 0 Å². The highest BCUT2D eigenvalue weighted by Crippen LogP contribution is 2.36. The van der Waals surface area contributed by atoms with Crippen LogP contribution in [0.1, 0.15) is 40.0 Å². The van der Waals surface area contributed by atoms with E-state index in [1.807, 2.05) is 0 Å². The molecule has 16 heavy (non-hydrogen) atoms. The first-order valence-corrected chi connectivity index (χ1v) is 8.87. The quantitative estimate of drug-likeness (QED) is 0.214. The second-order valence-corrected chi connectivity index (χ2v) is 10.4. The minimum absolute atomic E-state index is 0.290. The van der Waals surface area contributed by atoms with Crippen molar-refractivity contribution in [2.75, 3.05) is 13.2 Å². The Morgan fingerprint density at radius 2 is 1.81 bits per heavy atom. The van der Waals surface area contributed by atoms with E-state index >= 15 is 0 Å². The molecule has 0 radical (unpaired) electrons. The third kappa shape index (κ3) is 6.15. The van der Waals surface area contributed by atoms with Gasteiger partial charge in [-0.25, -0.2) is 0 Å². The molecule has 0 aliphatic heterocycles. The molecule has 0 atom stereocenters. The van der Waals surface area contributed by atoms with Gasteiger partial charge in [0.05, 0.1) is 0 Å². The predicted octanol–water partition coefficient (Wildman–Crippen LogP) is 4.49. The summed E-state index contributed by atoms with van der Waals surface area (Å²) in [5.41, 5.74) is 8.10. The van der Waals surface area contributed by atoms with Crippen molar-refractivity contribution in [3.8, 4) is 0 Å². The van der Waals surface area contributed by atoms with Crippen LogP contribution in [0.25, 0.3) is 10.4 Å². The summed E-state index contributed by atoms with van der Waals surface area (Å²) in [4.78, 5) is 2.73. The van der Waals surface area contributed by atoms with Gasteiger partial charge in [-0.1, -0.05) is 32.3 Å². The van der Waals surface area contributed by atoms with Crippen molar-refractivity contribution in [2.45, 2.75) is 58.2 Å². The first kappa shape index (κ1) is 15.5. The van der Waals surface area contributed by atoms with E-state index in [-0.39, 0.29) is 5.04 Å². The summed E-state index contributed by atoms with van der Waals surface area (Å²) in [6, 6.07) is 0. The fraction of sp³-hybridized carbons (Fsp3) is 1.00. The van der Waals surface area contributed by atoms with Crippen LogP contribution >= 0.6 is 0 Å². The Morgan fingerprint density at radius 3 is 2.31 bits per heavy atom. The van der Waals surface area contributed by atoms with Gasteiger partial charge < -0.3 is 4.43 Å². The lowest BCUT2D eigenvalue weighted by Gasteiger charge is -2.36. The molecular formula is C11H25N3OSi. The highest BCUT2D eigenvalue weighted by molar-refractivity contribution is 6.74. The Morgan fingerprint density at radius 1 is 1.19 bits per heavy atom. The fourth-order valence-electron chi connectivity index (χ4n) is 1.05. The van der Waals surface area contributed by atoms with Gasteiger partial charge in [-0.15, -0.1) is 0 Å². The molecule has 94 valence electrons. The molecule has 0 saturated carbocycles. The molecule has 0 unspecified atom stereocenters. The van der Waals surface area contributed by atoms with E-state index in [0.29, 0.717) is 6.54 Å². The number of rotatable bonds is 7. The summed E-state index contributed by atoms with van der Waals surface area (Å²) in [6.45, 7) is 12.7. The third-order valence-electron chi connectivity index (χ3n) is 3.23. The lowest BCUT2D eigenvalue weighted by Crippen LogP contribution is -2.40. The second-order valence-electron chi connectivity index (χ2n) is 5.62. The zero-order valence-electron chi connectivity index (χ0n) is 11.3. The minimum atomic E-state index is -1.56. The Labute approximate surface area is 100 Å². The van der Waals surface area contributed by atoms with E-state index < -0.39 is 8.32 Å². The molecule has 0 fully saturated rings. The SMILES string of the molecule is CC(C)(C)[Si](C)(C)OCCCCCN=[N+]=[N-]. The van der Waals surface area contributed by atoms with Gasteiger partial charge in [0.1, 0.15) is 0 Å². The number of hydrogen-bond acceptors (Lipinski definition) is 2. The molecule has 0 amide bonds. The summed E-state index contributed by atoms with van der Waals surface area (Å²) in [7, 11) is -1.56. The van der Waals surface area contributed by atoms with Crippen LogP contribution in [-0.2, 0) is 4.43 Å². The van der Waals surface area contributed by atoms with Gasteiger partial charge in [0, 0.05) is 18.1 Å². The maximum absolute atomic E-state index is 8.10. The normalized spacial score (nSPS) is 12.3. The minimum Gasteiger partial charge on any atom is -0.417 e. The van der Waals surface area contributed by atoms with Gasteiger partial charge in [0.2, 0.25) is 0 Å². The number of nitrogens with zero attached hydrogens (tertiary/aromatic N) is 3. The van der Waals surface area contributed by atoms with Crippen LogP contribution in [0.15, 0.2) is 5.11 Å². The van der Waals surface area contributed by atoms with Gasteiger partial charge in [-0.3, -0.25) is 0 Å². The third-order valence-corrected chi connectivity index (χ3v) is 7.77. The van der Waals surface area contributed by atoms with Crippen molar-refractivity contribution in [1.29, 1.82) is 0 Å². The van der Waals surface area contributed by atoms with Crippen molar-refractivity contribution >= 4 is 8.32 Å². The van der Waals surface area contributed by atoms with Crippen LogP contribution in [0.3, 0.4) is 0 Å². The van der Waals surface area contributed by atoms with Gasteiger partial charge >= 0.3 is 0 Å². The molecule has 0 bridgehead atoms. The molecule has 0 spiro atoms. The maximum atomic E-state index is 8.10. The van der Waals surface area contributed by atoms with Crippen LogP contribution in [0.2, 0.25) is 18.1 Å². The standard InChI is InChI=1S/C11H25N3OSi/c1-11(2,3)16(4,5)15-10-8-6-7-9-13-14-12/h6-10H2,1-5H3. The maximum Gasteiger partial charge on any atom is 0.191 e. The van der Waals surface area contributed by atoms with Crippen LogP contribution in [0, 0.1) is 0 Å². The molecule has 0 aromatic carbocycles. The van der Waals surface area contributed by atoms with Gasteiger partial charge in [-0.05, 0) is 36.5 Å². The summed E-state index contributed by atoms with van der Waals surface area (Å²) in [6.07, 6.45) is 3.10. The predicted molar refractivity (Wildman–Crippen MR) is 71.0 cm³/mol. The van der Waals surface area contributed by atoms with Crippen LogP contribution in [0.5, 0.6) is 0 Å². The Kier molecular flexibility index (Phi) is 6.72. The summed E-state index contributed by atoms with van der Waals surface area (Å²) in [5.74, 6) is 0. The second kappa shape index (κ2) is 6.94. The van der Waals surface area contributed by atoms with E-state index in [4.69, 9.17) is 9.96 Å². The van der Waals surface area contributed by atoms with Crippen molar-refractivity contribution in [3.63, 3.8) is 0 Å². The Bertz CT molecular complexity index is 242.